The average Bonchev–Trinajstić information content (AvgIpc) is 3.47. The fraction of sp³-hybridized carbons (Fsp3) is 0.259. The molecule has 1 saturated heterocycles. The highest BCUT2D eigenvalue weighted by Gasteiger charge is 2.36. The van der Waals surface area contributed by atoms with Crippen LogP contribution in [0.2, 0.25) is 0 Å². The third-order valence-electron chi connectivity index (χ3n) is 7.54. The summed E-state index contributed by atoms with van der Waals surface area (Å²) < 4.78 is 30.8. The van der Waals surface area contributed by atoms with Crippen LogP contribution in [0.5, 0.6) is 0 Å². The Hall–Kier alpha value is -3.78. The lowest BCUT2D eigenvalue weighted by Gasteiger charge is -2.26. The Kier molecular flexibility index (Phi) is 4.33. The molecule has 176 valence electrons. The van der Waals surface area contributed by atoms with Gasteiger partial charge in [0.05, 0.1) is 22.2 Å². The second-order valence-electron chi connectivity index (χ2n) is 9.54. The summed E-state index contributed by atoms with van der Waals surface area (Å²) >= 11 is 0. The zero-order valence-electron chi connectivity index (χ0n) is 18.9. The van der Waals surface area contributed by atoms with E-state index in [0.717, 1.165) is 30.7 Å². The Labute approximate surface area is 198 Å². The van der Waals surface area contributed by atoms with Gasteiger partial charge < -0.3 is 14.5 Å². The number of nitrogens with one attached hydrogen (secondary N) is 2. The van der Waals surface area contributed by atoms with Gasteiger partial charge in [0, 0.05) is 45.7 Å². The van der Waals surface area contributed by atoms with E-state index in [1.54, 1.807) is 12.1 Å². The number of imide groups is 1. The Bertz CT molecular complexity index is 1730. The van der Waals surface area contributed by atoms with E-state index in [4.69, 9.17) is 0 Å². The Balaban J connectivity index is 1.62. The van der Waals surface area contributed by atoms with Gasteiger partial charge in [0.15, 0.2) is 0 Å². The van der Waals surface area contributed by atoms with E-state index in [9.17, 15) is 18.4 Å². The van der Waals surface area contributed by atoms with Crippen molar-refractivity contribution in [2.24, 2.45) is 0 Å². The van der Waals surface area contributed by atoms with Crippen LogP contribution < -0.4 is 5.32 Å². The van der Waals surface area contributed by atoms with Gasteiger partial charge in [-0.1, -0.05) is 6.42 Å². The van der Waals surface area contributed by atoms with Crippen LogP contribution in [-0.4, -0.2) is 45.9 Å². The van der Waals surface area contributed by atoms with E-state index in [0.29, 0.717) is 39.1 Å². The maximum absolute atomic E-state index is 14.5. The van der Waals surface area contributed by atoms with Gasteiger partial charge in [-0.25, -0.2) is 8.78 Å². The first-order valence-electron chi connectivity index (χ1n) is 12.0. The molecule has 0 radical (unpaired) electrons. The second kappa shape index (κ2) is 7.36. The summed E-state index contributed by atoms with van der Waals surface area (Å²) in [7, 11) is 0. The summed E-state index contributed by atoms with van der Waals surface area (Å²) in [4.78, 5) is 31.9. The minimum absolute atomic E-state index is 0.216. The van der Waals surface area contributed by atoms with Gasteiger partial charge in [0.25, 0.3) is 11.8 Å². The lowest BCUT2D eigenvalue weighted by molar-refractivity contribution is 0.0880. The first kappa shape index (κ1) is 20.6. The van der Waals surface area contributed by atoms with Crippen LogP contribution in [0, 0.1) is 11.6 Å². The molecule has 4 heterocycles. The normalized spacial score (nSPS) is 16.7. The molecule has 2 N–H and O–H groups in total. The molecule has 1 fully saturated rings. The van der Waals surface area contributed by atoms with Gasteiger partial charge in [-0.15, -0.1) is 0 Å². The Morgan fingerprint density at radius 2 is 1.49 bits per heavy atom. The zero-order chi connectivity index (χ0) is 23.8. The summed E-state index contributed by atoms with van der Waals surface area (Å²) in [6.45, 7) is 3.53. The van der Waals surface area contributed by atoms with Crippen molar-refractivity contribution in [1.82, 2.24) is 19.8 Å². The molecule has 2 aliphatic heterocycles. The van der Waals surface area contributed by atoms with E-state index < -0.39 is 23.4 Å². The van der Waals surface area contributed by atoms with Crippen LogP contribution in [0.4, 0.5) is 8.78 Å². The van der Waals surface area contributed by atoms with Gasteiger partial charge in [-0.05, 0) is 62.3 Å². The third-order valence-corrected chi connectivity index (χ3v) is 7.54. The third kappa shape index (κ3) is 2.89. The van der Waals surface area contributed by atoms with Crippen molar-refractivity contribution in [3.63, 3.8) is 0 Å². The number of nitrogens with zero attached hydrogens (tertiary/aromatic N) is 2. The van der Waals surface area contributed by atoms with E-state index in [1.165, 1.54) is 43.5 Å². The first-order valence-corrected chi connectivity index (χ1v) is 12.0. The molecule has 0 aliphatic carbocycles. The van der Waals surface area contributed by atoms with Gasteiger partial charge >= 0.3 is 0 Å². The van der Waals surface area contributed by atoms with Crippen LogP contribution >= 0.6 is 0 Å². The molecule has 0 saturated carbocycles. The van der Waals surface area contributed by atoms with Gasteiger partial charge in [0.2, 0.25) is 0 Å². The SMILES string of the molecule is O=C1NC(=O)c2c1c1c3cc(F)ccc3[nH]c1c1c2c2cc(F)ccc2n1CCN1CCCCC1. The van der Waals surface area contributed by atoms with Crippen LogP contribution in [-0.2, 0) is 6.54 Å². The lowest BCUT2D eigenvalue weighted by Crippen LogP contribution is -2.32. The van der Waals surface area contributed by atoms with Crippen molar-refractivity contribution in [1.29, 1.82) is 0 Å². The summed E-state index contributed by atoms with van der Waals surface area (Å²) in [5.41, 5.74) is 3.30. The van der Waals surface area contributed by atoms with Crippen molar-refractivity contribution >= 4 is 55.4 Å². The number of piperidine rings is 1. The average molecular weight is 472 g/mol. The predicted octanol–water partition coefficient (Wildman–Crippen LogP) is 5.08. The maximum Gasteiger partial charge on any atom is 0.259 e. The number of hydrogen-bond donors (Lipinski definition) is 2. The van der Waals surface area contributed by atoms with E-state index in [-0.39, 0.29) is 11.1 Å². The molecule has 0 bridgehead atoms. The molecule has 5 aromatic rings. The Morgan fingerprint density at radius 1 is 0.800 bits per heavy atom. The number of hydrogen-bond acceptors (Lipinski definition) is 3. The monoisotopic (exact) mass is 472 g/mol. The standard InChI is InChI=1S/C27H22F2N4O2/c28-14-4-6-18-16(12-14)20-22-23(27(35)31-26(22)34)21-17-13-15(29)5-7-19(17)33(25(21)24(20)30-18)11-10-32-8-2-1-3-9-32/h4-7,12-13,30H,1-3,8-11H2,(H,31,34,35). The zero-order valence-corrected chi connectivity index (χ0v) is 18.9. The number of carbonyl (C=O) groups is 2. The van der Waals surface area contributed by atoms with Gasteiger partial charge in [-0.2, -0.15) is 0 Å². The molecule has 0 atom stereocenters. The lowest BCUT2D eigenvalue weighted by atomic mass is 9.96. The number of benzene rings is 3. The number of fused-ring (bicyclic) bond motifs is 10. The number of aromatic amines is 1. The summed E-state index contributed by atoms with van der Waals surface area (Å²) in [6, 6.07) is 8.97. The molecule has 6 nitrogen and oxygen atoms in total. The molecule has 0 spiro atoms. The second-order valence-corrected chi connectivity index (χ2v) is 9.54. The molecular formula is C27H22F2N4O2. The largest absolute Gasteiger partial charge is 0.353 e. The molecular weight excluding hydrogens is 450 g/mol. The summed E-state index contributed by atoms with van der Waals surface area (Å²) in [6.07, 6.45) is 3.59. The fourth-order valence-corrected chi connectivity index (χ4v) is 6.03. The highest BCUT2D eigenvalue weighted by Crippen LogP contribution is 2.43. The Morgan fingerprint density at radius 3 is 2.26 bits per heavy atom. The molecule has 0 unspecified atom stereocenters. The van der Waals surface area contributed by atoms with Crippen molar-refractivity contribution < 1.29 is 18.4 Å². The number of amides is 2. The number of halogens is 2. The predicted molar refractivity (Wildman–Crippen MR) is 131 cm³/mol. The molecule has 2 amide bonds. The van der Waals surface area contributed by atoms with Crippen molar-refractivity contribution in [3.05, 3.63) is 59.2 Å². The summed E-state index contributed by atoms with van der Waals surface area (Å²) in [5.74, 6) is -1.87. The van der Waals surface area contributed by atoms with E-state index in [1.807, 2.05) is 0 Å². The van der Waals surface area contributed by atoms with Crippen molar-refractivity contribution in [2.45, 2.75) is 25.8 Å². The molecule has 2 aliphatic rings. The highest BCUT2D eigenvalue weighted by atomic mass is 19.1. The quantitative estimate of drug-likeness (QED) is 0.360. The smallest absolute Gasteiger partial charge is 0.259 e. The van der Waals surface area contributed by atoms with Crippen LogP contribution in [0.25, 0.3) is 43.6 Å². The first-order chi connectivity index (χ1) is 17.0. The van der Waals surface area contributed by atoms with Crippen molar-refractivity contribution in [3.8, 4) is 0 Å². The molecule has 35 heavy (non-hydrogen) atoms. The van der Waals surface area contributed by atoms with Gasteiger partial charge in [0.1, 0.15) is 11.6 Å². The van der Waals surface area contributed by atoms with Crippen molar-refractivity contribution in [2.75, 3.05) is 19.6 Å². The molecule has 7 rings (SSSR count). The van der Waals surface area contributed by atoms with Crippen LogP contribution in [0.3, 0.4) is 0 Å². The number of H-pyrrole nitrogens is 1. The molecule has 2 aromatic heterocycles. The molecule has 8 heteroatoms. The maximum atomic E-state index is 14.5. The minimum Gasteiger partial charge on any atom is -0.353 e. The van der Waals surface area contributed by atoms with E-state index in [2.05, 4.69) is 19.8 Å². The van der Waals surface area contributed by atoms with Gasteiger partial charge in [-0.3, -0.25) is 14.9 Å². The minimum atomic E-state index is -0.521. The number of likely N-dealkylation sites (tertiary alicyclic amines) is 1. The number of carbonyl (C=O) groups excluding carboxylic acids is 2. The van der Waals surface area contributed by atoms with Crippen LogP contribution in [0.1, 0.15) is 40.0 Å². The highest BCUT2D eigenvalue weighted by molar-refractivity contribution is 6.39. The summed E-state index contributed by atoms with van der Waals surface area (Å²) in [5, 5.41) is 4.62. The van der Waals surface area contributed by atoms with Crippen LogP contribution in [0.15, 0.2) is 36.4 Å². The fourth-order valence-electron chi connectivity index (χ4n) is 6.03. The number of rotatable bonds is 3. The molecule has 3 aromatic carbocycles. The number of aromatic nitrogens is 2. The topological polar surface area (TPSA) is 70.1 Å². The van der Waals surface area contributed by atoms with E-state index >= 15 is 0 Å².